The zero-order chi connectivity index (χ0) is 11.9. The predicted molar refractivity (Wildman–Crippen MR) is 71.3 cm³/mol. The molecule has 0 aliphatic heterocycles. The Morgan fingerprint density at radius 1 is 1.41 bits per heavy atom. The van der Waals surface area contributed by atoms with Crippen LogP contribution in [0.4, 0.5) is 0 Å². The monoisotopic (exact) mass is 260 g/mol. The summed E-state index contributed by atoms with van der Waals surface area (Å²) in [5, 5.41) is 14.5. The van der Waals surface area contributed by atoms with Crippen LogP contribution >= 0.6 is 22.7 Å². The molecule has 0 spiro atoms. The second-order valence-corrected chi connectivity index (χ2v) is 6.29. The molecule has 1 aliphatic rings. The van der Waals surface area contributed by atoms with Crippen LogP contribution in [-0.2, 0) is 5.41 Å². The van der Waals surface area contributed by atoms with E-state index in [0.717, 1.165) is 30.0 Å². The van der Waals surface area contributed by atoms with Gasteiger partial charge in [0.15, 0.2) is 0 Å². The fourth-order valence-electron chi connectivity index (χ4n) is 2.14. The Labute approximate surface area is 109 Å². The first-order valence-electron chi connectivity index (χ1n) is 5.67. The van der Waals surface area contributed by atoms with Gasteiger partial charge in [0.1, 0.15) is 10.4 Å². The lowest BCUT2D eigenvalue weighted by atomic mass is 9.70. The fraction of sp³-hybridized carbons (Fsp3) is 0.385. The highest BCUT2D eigenvalue weighted by Crippen LogP contribution is 2.45. The largest absolute Gasteiger partial charge is 0.239 e. The van der Waals surface area contributed by atoms with Gasteiger partial charge in [-0.3, -0.25) is 0 Å². The van der Waals surface area contributed by atoms with Gasteiger partial charge in [-0.15, -0.1) is 22.7 Å². The van der Waals surface area contributed by atoms with Crippen molar-refractivity contribution in [2.24, 2.45) is 0 Å². The number of hydrogen-bond acceptors (Lipinski definition) is 4. The van der Waals surface area contributed by atoms with Crippen LogP contribution in [0, 0.1) is 18.3 Å². The van der Waals surface area contributed by atoms with Crippen LogP contribution in [0.3, 0.4) is 0 Å². The molecule has 0 radical (unpaired) electrons. The third-order valence-corrected chi connectivity index (χ3v) is 5.51. The Hall–Kier alpha value is -1.18. The number of thiazole rings is 1. The van der Waals surface area contributed by atoms with Crippen molar-refractivity contribution in [1.29, 1.82) is 5.26 Å². The van der Waals surface area contributed by atoms with Crippen molar-refractivity contribution >= 4 is 22.7 Å². The normalized spacial score (nSPS) is 17.4. The van der Waals surface area contributed by atoms with Crippen LogP contribution in [0.25, 0.3) is 10.6 Å². The lowest BCUT2D eigenvalue weighted by Crippen LogP contribution is -2.32. The third-order valence-electron chi connectivity index (χ3n) is 3.43. The average Bonchev–Trinajstić information content (AvgIpc) is 2.86. The van der Waals surface area contributed by atoms with Crippen molar-refractivity contribution < 1.29 is 0 Å². The lowest BCUT2D eigenvalue weighted by molar-refractivity contribution is 0.323. The molecule has 2 heterocycles. The summed E-state index contributed by atoms with van der Waals surface area (Å²) in [6.07, 6.45) is 3.10. The minimum atomic E-state index is -0.270. The molecule has 2 nitrogen and oxygen atoms in total. The molecule has 0 unspecified atom stereocenters. The van der Waals surface area contributed by atoms with Crippen molar-refractivity contribution in [3.05, 3.63) is 27.4 Å². The number of aryl methyl sites for hydroxylation is 1. The highest BCUT2D eigenvalue weighted by atomic mass is 32.1. The summed E-state index contributed by atoms with van der Waals surface area (Å²) in [5.74, 6) is 0. The van der Waals surface area contributed by atoms with Crippen LogP contribution in [-0.4, -0.2) is 4.98 Å². The van der Waals surface area contributed by atoms with Crippen molar-refractivity contribution in [1.82, 2.24) is 4.98 Å². The van der Waals surface area contributed by atoms with E-state index < -0.39 is 0 Å². The van der Waals surface area contributed by atoms with Gasteiger partial charge in [-0.05, 0) is 43.2 Å². The average molecular weight is 260 g/mol. The van der Waals surface area contributed by atoms with E-state index in [4.69, 9.17) is 0 Å². The first-order chi connectivity index (χ1) is 8.25. The molecule has 4 heteroatoms. The Bertz CT molecular complexity index is 585. The number of rotatable bonds is 2. The van der Waals surface area contributed by atoms with E-state index in [-0.39, 0.29) is 5.41 Å². The Morgan fingerprint density at radius 3 is 2.76 bits per heavy atom. The number of hydrogen-bond donors (Lipinski definition) is 0. The SMILES string of the molecule is Cc1ccsc1-c1csc(C2(C#N)CCC2)n1. The smallest absolute Gasteiger partial charge is 0.114 e. The zero-order valence-electron chi connectivity index (χ0n) is 9.56. The van der Waals surface area contributed by atoms with E-state index in [9.17, 15) is 5.26 Å². The quantitative estimate of drug-likeness (QED) is 0.814. The van der Waals surface area contributed by atoms with Gasteiger partial charge in [-0.1, -0.05) is 0 Å². The van der Waals surface area contributed by atoms with E-state index in [2.05, 4.69) is 34.8 Å². The summed E-state index contributed by atoms with van der Waals surface area (Å²) in [6, 6.07) is 4.57. The second kappa shape index (κ2) is 3.94. The Morgan fingerprint density at radius 2 is 2.24 bits per heavy atom. The first-order valence-corrected chi connectivity index (χ1v) is 7.43. The molecule has 2 aromatic heterocycles. The summed E-state index contributed by atoms with van der Waals surface area (Å²) in [4.78, 5) is 5.92. The summed E-state index contributed by atoms with van der Waals surface area (Å²) in [6.45, 7) is 2.11. The maximum atomic E-state index is 9.30. The maximum Gasteiger partial charge on any atom is 0.114 e. The standard InChI is InChI=1S/C13H12N2S2/c1-9-3-6-16-11(9)10-7-17-12(15-10)13(8-14)4-2-5-13/h3,6-7H,2,4-5H2,1H3. The highest BCUT2D eigenvalue weighted by Gasteiger charge is 2.41. The van der Waals surface area contributed by atoms with E-state index in [1.807, 2.05) is 0 Å². The highest BCUT2D eigenvalue weighted by molar-refractivity contribution is 7.14. The zero-order valence-corrected chi connectivity index (χ0v) is 11.2. The third kappa shape index (κ3) is 1.62. The van der Waals surface area contributed by atoms with Gasteiger partial charge in [0.25, 0.3) is 0 Å². The van der Waals surface area contributed by atoms with E-state index in [0.29, 0.717) is 0 Å². The first kappa shape index (κ1) is 10.9. The number of thiophene rings is 1. The molecule has 0 N–H and O–H groups in total. The van der Waals surface area contributed by atoms with Crippen molar-refractivity contribution in [2.75, 3.05) is 0 Å². The van der Waals surface area contributed by atoms with E-state index in [1.54, 1.807) is 22.7 Å². The number of nitrogens with zero attached hydrogens (tertiary/aromatic N) is 2. The summed E-state index contributed by atoms with van der Waals surface area (Å²) in [7, 11) is 0. The molecule has 1 saturated carbocycles. The second-order valence-electron chi connectivity index (χ2n) is 4.52. The van der Waals surface area contributed by atoms with Gasteiger partial charge < -0.3 is 0 Å². The molecule has 0 amide bonds. The molecule has 17 heavy (non-hydrogen) atoms. The lowest BCUT2D eigenvalue weighted by Gasteiger charge is -2.32. The minimum Gasteiger partial charge on any atom is -0.239 e. The van der Waals surface area contributed by atoms with Crippen LogP contribution in [0.1, 0.15) is 29.8 Å². The molecular formula is C13H12N2S2. The Kier molecular flexibility index (Phi) is 2.53. The molecule has 1 fully saturated rings. The van der Waals surface area contributed by atoms with Crippen molar-refractivity contribution in [3.8, 4) is 16.6 Å². The number of aromatic nitrogens is 1. The van der Waals surface area contributed by atoms with Gasteiger partial charge >= 0.3 is 0 Å². The molecule has 0 atom stereocenters. The van der Waals surface area contributed by atoms with Crippen LogP contribution in [0.15, 0.2) is 16.8 Å². The molecular weight excluding hydrogens is 248 g/mol. The van der Waals surface area contributed by atoms with E-state index in [1.165, 1.54) is 10.4 Å². The van der Waals surface area contributed by atoms with Gasteiger partial charge in [-0.25, -0.2) is 4.98 Å². The van der Waals surface area contributed by atoms with Crippen LogP contribution < -0.4 is 0 Å². The molecule has 3 rings (SSSR count). The van der Waals surface area contributed by atoms with Gasteiger partial charge in [-0.2, -0.15) is 5.26 Å². The Balaban J connectivity index is 1.99. The maximum absolute atomic E-state index is 9.30. The van der Waals surface area contributed by atoms with Gasteiger partial charge in [0.2, 0.25) is 0 Å². The molecule has 2 aromatic rings. The minimum absolute atomic E-state index is 0.270. The molecule has 0 saturated heterocycles. The van der Waals surface area contributed by atoms with Crippen molar-refractivity contribution in [3.63, 3.8) is 0 Å². The van der Waals surface area contributed by atoms with E-state index >= 15 is 0 Å². The summed E-state index contributed by atoms with van der Waals surface area (Å²) < 4.78 is 0. The predicted octanol–water partition coefficient (Wildman–Crippen LogP) is 4.13. The topological polar surface area (TPSA) is 36.7 Å². The van der Waals surface area contributed by atoms with Gasteiger partial charge in [0, 0.05) is 5.38 Å². The van der Waals surface area contributed by atoms with Crippen molar-refractivity contribution in [2.45, 2.75) is 31.6 Å². The molecule has 0 bridgehead atoms. The summed E-state index contributed by atoms with van der Waals surface area (Å²) >= 11 is 3.36. The summed E-state index contributed by atoms with van der Waals surface area (Å²) in [5.41, 5.74) is 2.04. The molecule has 86 valence electrons. The van der Waals surface area contributed by atoms with Crippen LogP contribution in [0.5, 0.6) is 0 Å². The molecule has 1 aliphatic carbocycles. The van der Waals surface area contributed by atoms with Crippen LogP contribution in [0.2, 0.25) is 0 Å². The number of nitriles is 1. The fourth-order valence-corrected chi connectivity index (χ4v) is 4.12. The van der Waals surface area contributed by atoms with Gasteiger partial charge in [0.05, 0.1) is 16.6 Å². The molecule has 0 aromatic carbocycles.